The molecule has 22 heavy (non-hydrogen) atoms. The molecule has 0 aromatic carbocycles. The average Bonchev–Trinajstić information content (AvgIpc) is 2.97. The lowest BCUT2D eigenvalue weighted by Gasteiger charge is -2.36. The van der Waals surface area contributed by atoms with Gasteiger partial charge in [0, 0.05) is 0 Å². The maximum Gasteiger partial charge on any atom is 0.211 e. The van der Waals surface area contributed by atoms with Crippen molar-refractivity contribution in [3.63, 3.8) is 0 Å². The van der Waals surface area contributed by atoms with Gasteiger partial charge >= 0.3 is 0 Å². The van der Waals surface area contributed by atoms with Crippen molar-refractivity contribution in [3.8, 4) is 0 Å². The summed E-state index contributed by atoms with van der Waals surface area (Å²) in [5.41, 5.74) is -1.04. The Morgan fingerprint density at radius 3 is 2.45 bits per heavy atom. The molecule has 0 radical (unpaired) electrons. The van der Waals surface area contributed by atoms with Gasteiger partial charge in [0.15, 0.2) is 11.4 Å². The maximum atomic E-state index is 13.2. The first-order valence-electron chi connectivity index (χ1n) is 8.28. The summed E-state index contributed by atoms with van der Waals surface area (Å²) in [5.74, 6) is 0.589. The lowest BCUT2D eigenvalue weighted by Crippen LogP contribution is -2.48. The third-order valence-corrected chi connectivity index (χ3v) is 5.20. The third kappa shape index (κ3) is 1.76. The molecule has 3 aliphatic carbocycles. The molecule has 1 spiro atoms. The third-order valence-electron chi connectivity index (χ3n) is 5.20. The second-order valence-electron chi connectivity index (χ2n) is 7.39. The molecule has 0 aliphatic heterocycles. The zero-order chi connectivity index (χ0) is 16.3. The highest BCUT2D eigenvalue weighted by molar-refractivity contribution is 6.05. The van der Waals surface area contributed by atoms with Crippen molar-refractivity contribution in [2.75, 3.05) is 0 Å². The van der Waals surface area contributed by atoms with E-state index in [9.17, 15) is 9.90 Å². The largest absolute Gasteiger partial charge is 0.488 e. The Hall–Kier alpha value is -1.29. The zero-order valence-corrected chi connectivity index (χ0v) is 14.1. The summed E-state index contributed by atoms with van der Waals surface area (Å²) in [7, 11) is 0. The fourth-order valence-corrected chi connectivity index (χ4v) is 4.55. The molecule has 0 heterocycles. The lowest BCUT2D eigenvalue weighted by molar-refractivity contribution is -0.136. The lowest BCUT2D eigenvalue weighted by atomic mass is 9.69. The molecule has 0 saturated heterocycles. The molecular weight excluding hydrogens is 280 g/mol. The number of Topliss-reactive ketones (excluding diaryl/α,β-unsaturated/α-hetero) is 1. The van der Waals surface area contributed by atoms with Gasteiger partial charge in [-0.05, 0) is 59.5 Å². The van der Waals surface area contributed by atoms with Gasteiger partial charge in [0.05, 0.1) is 17.6 Å². The van der Waals surface area contributed by atoms with Crippen LogP contribution in [0.1, 0.15) is 53.9 Å². The van der Waals surface area contributed by atoms with Gasteiger partial charge in [-0.1, -0.05) is 12.0 Å². The van der Waals surface area contributed by atoms with E-state index >= 15 is 0 Å². The van der Waals surface area contributed by atoms with Crippen LogP contribution in [0.5, 0.6) is 0 Å². The second kappa shape index (κ2) is 4.85. The van der Waals surface area contributed by atoms with Gasteiger partial charge in [-0.15, -0.1) is 0 Å². The van der Waals surface area contributed by atoms with Gasteiger partial charge < -0.3 is 14.6 Å². The number of rotatable bonds is 4. The number of hydrogen-bond acceptors (Lipinski definition) is 4. The van der Waals surface area contributed by atoms with Gasteiger partial charge in [-0.2, -0.15) is 0 Å². The number of carbonyl (C=O) groups excluding carboxylic acids is 1. The number of aliphatic hydroxyl groups is 1. The molecule has 4 nitrogen and oxygen atoms in total. The summed E-state index contributed by atoms with van der Waals surface area (Å²) in [4.78, 5) is 13.2. The molecule has 1 saturated carbocycles. The molecule has 1 fully saturated rings. The zero-order valence-electron chi connectivity index (χ0n) is 14.1. The Bertz CT molecular complexity index is 572. The summed E-state index contributed by atoms with van der Waals surface area (Å²) in [5, 5.41) is 11.5. The molecule has 0 amide bonds. The molecule has 4 heteroatoms. The highest BCUT2D eigenvalue weighted by atomic mass is 16.5. The van der Waals surface area contributed by atoms with Crippen LogP contribution in [0.2, 0.25) is 0 Å². The second-order valence-corrected chi connectivity index (χ2v) is 7.39. The average molecular weight is 306 g/mol. The van der Waals surface area contributed by atoms with E-state index in [1.807, 2.05) is 40.7 Å². The van der Waals surface area contributed by atoms with Crippen molar-refractivity contribution in [1.82, 2.24) is 0 Å². The maximum absolute atomic E-state index is 13.2. The Labute approximate surface area is 132 Å². The minimum atomic E-state index is -1.34. The van der Waals surface area contributed by atoms with Crippen LogP contribution < -0.4 is 0 Å². The molecule has 122 valence electrons. The first kappa shape index (κ1) is 15.6. The highest BCUT2D eigenvalue weighted by Gasteiger charge is 2.72. The summed E-state index contributed by atoms with van der Waals surface area (Å²) < 4.78 is 11.7. The predicted octanol–water partition coefficient (Wildman–Crippen LogP) is 3.11. The first-order chi connectivity index (χ1) is 10.2. The van der Waals surface area contributed by atoms with Crippen molar-refractivity contribution in [2.24, 2.45) is 11.3 Å². The molecule has 0 aromatic rings. The van der Waals surface area contributed by atoms with E-state index in [0.717, 1.165) is 18.4 Å². The van der Waals surface area contributed by atoms with Crippen molar-refractivity contribution < 1.29 is 19.4 Å². The summed E-state index contributed by atoms with van der Waals surface area (Å²) in [6.07, 6.45) is 4.17. The predicted molar refractivity (Wildman–Crippen MR) is 83.0 cm³/mol. The molecule has 1 N–H and O–H groups in total. The Kier molecular flexibility index (Phi) is 3.44. The molecule has 0 unspecified atom stereocenters. The number of carbonyl (C=O) groups is 1. The fourth-order valence-electron chi connectivity index (χ4n) is 4.55. The molecule has 3 atom stereocenters. The molecule has 3 rings (SSSR count). The van der Waals surface area contributed by atoms with Crippen LogP contribution in [0.15, 0.2) is 23.2 Å². The topological polar surface area (TPSA) is 55.8 Å². The quantitative estimate of drug-likeness (QED) is 0.811. The van der Waals surface area contributed by atoms with Crippen LogP contribution >= 0.6 is 0 Å². The van der Waals surface area contributed by atoms with Crippen LogP contribution in [0, 0.1) is 11.3 Å². The van der Waals surface area contributed by atoms with E-state index in [2.05, 4.69) is 0 Å². The minimum absolute atomic E-state index is 0.0741. The van der Waals surface area contributed by atoms with Gasteiger partial charge in [0.25, 0.3) is 0 Å². The normalized spacial score (nSPS) is 37.0. The number of ketones is 1. The van der Waals surface area contributed by atoms with Crippen LogP contribution in [0.4, 0.5) is 0 Å². The van der Waals surface area contributed by atoms with E-state index in [4.69, 9.17) is 9.47 Å². The monoisotopic (exact) mass is 306 g/mol. The first-order valence-corrected chi connectivity index (χ1v) is 8.28. The summed E-state index contributed by atoms with van der Waals surface area (Å²) in [6, 6.07) is 0. The summed E-state index contributed by atoms with van der Waals surface area (Å²) >= 11 is 0. The van der Waals surface area contributed by atoms with E-state index in [1.165, 1.54) is 0 Å². The smallest absolute Gasteiger partial charge is 0.211 e. The van der Waals surface area contributed by atoms with Crippen LogP contribution in [0.3, 0.4) is 0 Å². The van der Waals surface area contributed by atoms with E-state index in [1.54, 1.807) is 0 Å². The standard InChI is InChI=1S/C18H26O4/c1-10(2)21-14-15(19)17-8-6-7-13(17)12(5)9-18(17,20)16(14)22-11(3)4/h9-11,13,20H,6-8H2,1-5H3/t13-,17-,18-/m0/s1. The fraction of sp³-hybridized carbons (Fsp3) is 0.722. The van der Waals surface area contributed by atoms with E-state index in [-0.39, 0.29) is 29.7 Å². The SMILES string of the molecule is CC1=C[C@]2(O)C(OC(C)C)=C(OC(C)C)C(=O)[C@@]23CCC[C@@H]13. The molecular formula is C18H26O4. The number of ether oxygens (including phenoxy) is 2. The van der Waals surface area contributed by atoms with Crippen molar-refractivity contribution >= 4 is 5.78 Å². The molecule has 3 aliphatic rings. The van der Waals surface area contributed by atoms with E-state index in [0.29, 0.717) is 12.2 Å². The Balaban J connectivity index is 2.16. The van der Waals surface area contributed by atoms with Crippen LogP contribution in [0.25, 0.3) is 0 Å². The van der Waals surface area contributed by atoms with Crippen LogP contribution in [-0.4, -0.2) is 28.7 Å². The van der Waals surface area contributed by atoms with Crippen LogP contribution in [-0.2, 0) is 14.3 Å². The molecule has 0 aromatic heterocycles. The van der Waals surface area contributed by atoms with Gasteiger partial charge in [-0.25, -0.2) is 0 Å². The minimum Gasteiger partial charge on any atom is -0.488 e. The summed E-state index contributed by atoms with van der Waals surface area (Å²) in [6.45, 7) is 9.58. The number of hydrogen-bond donors (Lipinski definition) is 1. The van der Waals surface area contributed by atoms with Gasteiger partial charge in [0.1, 0.15) is 0 Å². The highest BCUT2D eigenvalue weighted by Crippen LogP contribution is 2.66. The Morgan fingerprint density at radius 1 is 1.23 bits per heavy atom. The van der Waals surface area contributed by atoms with Gasteiger partial charge in [0.2, 0.25) is 11.5 Å². The number of allylic oxidation sites excluding steroid dienone is 2. The van der Waals surface area contributed by atoms with Crippen molar-refractivity contribution in [1.29, 1.82) is 0 Å². The van der Waals surface area contributed by atoms with Crippen molar-refractivity contribution in [2.45, 2.75) is 71.7 Å². The Morgan fingerprint density at radius 2 is 1.86 bits per heavy atom. The van der Waals surface area contributed by atoms with Crippen molar-refractivity contribution in [3.05, 3.63) is 23.2 Å². The van der Waals surface area contributed by atoms with E-state index < -0.39 is 11.0 Å². The van der Waals surface area contributed by atoms with Gasteiger partial charge in [-0.3, -0.25) is 4.79 Å². The molecule has 0 bridgehead atoms.